The molecule has 3 rings (SSSR count). The monoisotopic (exact) mass is 354 g/mol. The molecule has 1 heterocycles. The quantitative estimate of drug-likeness (QED) is 0.574. The average Bonchev–Trinajstić information content (AvgIpc) is 3.02. The first-order chi connectivity index (χ1) is 12.0. The van der Waals surface area contributed by atoms with E-state index in [1.165, 1.54) is 0 Å². The second kappa shape index (κ2) is 7.53. The zero-order valence-electron chi connectivity index (χ0n) is 14.1. The van der Waals surface area contributed by atoms with Gasteiger partial charge >= 0.3 is 0 Å². The molecule has 2 aromatic carbocycles. The molecule has 0 amide bonds. The number of imidazole rings is 1. The third-order valence-electron chi connectivity index (χ3n) is 4.03. The number of ketones is 1. The molecule has 1 atom stereocenters. The Morgan fingerprint density at radius 2 is 1.72 bits per heavy atom. The maximum Gasteiger partial charge on any atom is 0.167 e. The summed E-state index contributed by atoms with van der Waals surface area (Å²) in [6, 6.07) is 14.3. The van der Waals surface area contributed by atoms with Crippen LogP contribution in [0.4, 0.5) is 0 Å². The number of halogens is 1. The van der Waals surface area contributed by atoms with Gasteiger partial charge in [0.25, 0.3) is 0 Å². The number of hydrogen-bond acceptors (Lipinski definition) is 3. The van der Waals surface area contributed by atoms with Crippen LogP contribution in [0.5, 0.6) is 11.5 Å². The van der Waals surface area contributed by atoms with E-state index in [9.17, 15) is 4.79 Å². The van der Waals surface area contributed by atoms with Crippen LogP contribution in [0.25, 0.3) is 0 Å². The second-order valence-electron chi connectivity index (χ2n) is 5.97. The van der Waals surface area contributed by atoms with Crippen LogP contribution in [0, 0.1) is 12.8 Å². The number of aryl methyl sites for hydroxylation is 1. The van der Waals surface area contributed by atoms with E-state index in [1.807, 2.05) is 24.6 Å². The lowest BCUT2D eigenvalue weighted by atomic mass is 9.99. The van der Waals surface area contributed by atoms with Gasteiger partial charge in [-0.15, -0.1) is 0 Å². The van der Waals surface area contributed by atoms with E-state index in [-0.39, 0.29) is 11.7 Å². The van der Waals surface area contributed by atoms with Gasteiger partial charge in [0, 0.05) is 35.4 Å². The van der Waals surface area contributed by atoms with Crippen molar-refractivity contribution in [1.29, 1.82) is 0 Å². The summed E-state index contributed by atoms with van der Waals surface area (Å²) in [5, 5.41) is 0.662. The average molecular weight is 355 g/mol. The molecular weight excluding hydrogens is 336 g/mol. The van der Waals surface area contributed by atoms with Crippen molar-refractivity contribution in [2.24, 2.45) is 5.92 Å². The van der Waals surface area contributed by atoms with Gasteiger partial charge in [0.05, 0.1) is 0 Å². The molecular formula is C20H19ClN2O2. The lowest BCUT2D eigenvalue weighted by molar-refractivity contribution is 0.0918. The highest BCUT2D eigenvalue weighted by Crippen LogP contribution is 2.24. The molecule has 5 heteroatoms. The number of carbonyl (C=O) groups excluding carboxylic acids is 1. The molecule has 4 nitrogen and oxygen atoms in total. The van der Waals surface area contributed by atoms with Crippen molar-refractivity contribution in [3.63, 3.8) is 0 Å². The molecule has 0 aliphatic rings. The van der Waals surface area contributed by atoms with Gasteiger partial charge in [0.2, 0.25) is 0 Å². The molecule has 25 heavy (non-hydrogen) atoms. The van der Waals surface area contributed by atoms with Crippen LogP contribution in [0.1, 0.15) is 23.1 Å². The smallest absolute Gasteiger partial charge is 0.167 e. The molecule has 0 N–H and O–H groups in total. The fraction of sp³-hybridized carbons (Fsp3) is 0.200. The Hall–Kier alpha value is -2.59. The SMILES string of the molecule is Cc1nccn1CC(C)C(=O)c1ccc(Oc2ccc(Cl)cc2)cc1. The second-order valence-corrected chi connectivity index (χ2v) is 6.41. The van der Waals surface area contributed by atoms with Crippen LogP contribution in [-0.2, 0) is 6.54 Å². The van der Waals surface area contributed by atoms with Gasteiger partial charge in [-0.05, 0) is 55.5 Å². The van der Waals surface area contributed by atoms with E-state index in [4.69, 9.17) is 16.3 Å². The fourth-order valence-corrected chi connectivity index (χ4v) is 2.71. The van der Waals surface area contributed by atoms with E-state index in [1.54, 1.807) is 54.7 Å². The number of ether oxygens (including phenoxy) is 1. The van der Waals surface area contributed by atoms with Gasteiger partial charge in [-0.2, -0.15) is 0 Å². The third kappa shape index (κ3) is 4.28. The van der Waals surface area contributed by atoms with Crippen LogP contribution >= 0.6 is 11.6 Å². The number of nitrogens with zero attached hydrogens (tertiary/aromatic N) is 2. The summed E-state index contributed by atoms with van der Waals surface area (Å²) in [7, 11) is 0. The molecule has 3 aromatic rings. The van der Waals surface area contributed by atoms with Gasteiger partial charge in [-0.3, -0.25) is 4.79 Å². The maximum absolute atomic E-state index is 12.6. The summed E-state index contributed by atoms with van der Waals surface area (Å²) in [5.74, 6) is 2.26. The molecule has 128 valence electrons. The highest BCUT2D eigenvalue weighted by atomic mass is 35.5. The van der Waals surface area contributed by atoms with Crippen molar-refractivity contribution < 1.29 is 9.53 Å². The Bertz CT molecular complexity index is 854. The minimum atomic E-state index is -0.129. The molecule has 0 fully saturated rings. The van der Waals surface area contributed by atoms with Crippen molar-refractivity contribution >= 4 is 17.4 Å². The van der Waals surface area contributed by atoms with Crippen LogP contribution in [0.2, 0.25) is 5.02 Å². The molecule has 0 aliphatic heterocycles. The molecule has 0 spiro atoms. The summed E-state index contributed by atoms with van der Waals surface area (Å²) >= 11 is 5.86. The lowest BCUT2D eigenvalue weighted by Crippen LogP contribution is -2.18. The summed E-state index contributed by atoms with van der Waals surface area (Å²) < 4.78 is 7.73. The molecule has 1 aromatic heterocycles. The largest absolute Gasteiger partial charge is 0.457 e. The van der Waals surface area contributed by atoms with Crippen LogP contribution < -0.4 is 4.74 Å². The Morgan fingerprint density at radius 3 is 2.28 bits per heavy atom. The molecule has 0 saturated carbocycles. The summed E-state index contributed by atoms with van der Waals surface area (Å²) in [6.07, 6.45) is 3.64. The topological polar surface area (TPSA) is 44.1 Å². The molecule has 1 unspecified atom stereocenters. The van der Waals surface area contributed by atoms with Gasteiger partial charge in [0.1, 0.15) is 17.3 Å². The van der Waals surface area contributed by atoms with Crippen molar-refractivity contribution in [2.45, 2.75) is 20.4 Å². The first-order valence-electron chi connectivity index (χ1n) is 8.08. The number of carbonyl (C=O) groups is 1. The predicted octanol–water partition coefficient (Wildman–Crippen LogP) is 5.16. The molecule has 0 radical (unpaired) electrons. The minimum Gasteiger partial charge on any atom is -0.457 e. The normalized spacial score (nSPS) is 12.0. The summed E-state index contributed by atoms with van der Waals surface area (Å²) in [4.78, 5) is 16.8. The van der Waals surface area contributed by atoms with Crippen LogP contribution in [0.3, 0.4) is 0 Å². The Kier molecular flexibility index (Phi) is 5.19. The van der Waals surface area contributed by atoms with Crippen molar-refractivity contribution in [3.8, 4) is 11.5 Å². The van der Waals surface area contributed by atoms with E-state index < -0.39 is 0 Å². The molecule has 0 bridgehead atoms. The standard InChI is InChI=1S/C20H19ClN2O2/c1-14(13-23-12-11-22-15(23)2)20(24)16-3-7-18(8-4-16)25-19-9-5-17(21)6-10-19/h3-12,14H,13H2,1-2H3. The zero-order valence-corrected chi connectivity index (χ0v) is 14.9. The lowest BCUT2D eigenvalue weighted by Gasteiger charge is -2.13. The van der Waals surface area contributed by atoms with E-state index in [0.29, 0.717) is 28.6 Å². The number of rotatable bonds is 6. The zero-order chi connectivity index (χ0) is 17.8. The highest BCUT2D eigenvalue weighted by Gasteiger charge is 2.16. The molecule has 0 aliphatic carbocycles. The van der Waals surface area contributed by atoms with E-state index in [0.717, 1.165) is 5.82 Å². The number of Topliss-reactive ketones (excluding diaryl/α,β-unsaturated/α-hetero) is 1. The van der Waals surface area contributed by atoms with Crippen LogP contribution in [0.15, 0.2) is 60.9 Å². The number of hydrogen-bond donors (Lipinski definition) is 0. The number of benzene rings is 2. The van der Waals surface area contributed by atoms with Crippen molar-refractivity contribution in [3.05, 3.63) is 77.3 Å². The van der Waals surface area contributed by atoms with Gasteiger partial charge in [0.15, 0.2) is 5.78 Å². The maximum atomic E-state index is 12.6. The Balaban J connectivity index is 1.65. The first-order valence-corrected chi connectivity index (χ1v) is 8.46. The van der Waals surface area contributed by atoms with Gasteiger partial charge in [-0.1, -0.05) is 18.5 Å². The van der Waals surface area contributed by atoms with Crippen molar-refractivity contribution in [1.82, 2.24) is 9.55 Å². The van der Waals surface area contributed by atoms with Gasteiger partial charge < -0.3 is 9.30 Å². The number of aromatic nitrogens is 2. The highest BCUT2D eigenvalue weighted by molar-refractivity contribution is 6.30. The minimum absolute atomic E-state index is 0.103. The first kappa shape index (κ1) is 17.2. The molecule has 0 saturated heterocycles. The Labute approximate surface area is 152 Å². The van der Waals surface area contributed by atoms with Gasteiger partial charge in [-0.25, -0.2) is 4.98 Å². The van der Waals surface area contributed by atoms with E-state index >= 15 is 0 Å². The van der Waals surface area contributed by atoms with E-state index in [2.05, 4.69) is 4.98 Å². The van der Waals surface area contributed by atoms with Crippen molar-refractivity contribution in [2.75, 3.05) is 0 Å². The van der Waals surface area contributed by atoms with Crippen LogP contribution in [-0.4, -0.2) is 15.3 Å². The third-order valence-corrected chi connectivity index (χ3v) is 4.28. The fourth-order valence-electron chi connectivity index (χ4n) is 2.59. The Morgan fingerprint density at radius 1 is 1.12 bits per heavy atom. The summed E-state index contributed by atoms with van der Waals surface area (Å²) in [6.45, 7) is 4.48. The predicted molar refractivity (Wildman–Crippen MR) is 98.4 cm³/mol. The summed E-state index contributed by atoms with van der Waals surface area (Å²) in [5.41, 5.74) is 0.675.